The predicted octanol–water partition coefficient (Wildman–Crippen LogP) is 2.53. The zero-order valence-electron chi connectivity index (χ0n) is 7.61. The van der Waals surface area contributed by atoms with E-state index in [2.05, 4.69) is 4.74 Å². The fourth-order valence-electron chi connectivity index (χ4n) is 1.33. The summed E-state index contributed by atoms with van der Waals surface area (Å²) in [6.07, 6.45) is -6.93. The van der Waals surface area contributed by atoms with Crippen LogP contribution in [0.15, 0.2) is 0 Å². The van der Waals surface area contributed by atoms with Crippen LogP contribution in [-0.4, -0.2) is 24.7 Å². The molecule has 0 spiro atoms. The first-order valence-corrected chi connectivity index (χ1v) is 4.32. The number of halogens is 5. The zero-order valence-corrected chi connectivity index (χ0v) is 7.61. The Balaban J connectivity index is 2.51. The third-order valence-electron chi connectivity index (χ3n) is 2.20. The molecule has 1 aliphatic rings. The van der Waals surface area contributed by atoms with Gasteiger partial charge in [0.25, 0.3) is 0 Å². The highest BCUT2D eigenvalue weighted by molar-refractivity contribution is 5.69. The van der Waals surface area contributed by atoms with E-state index in [1.807, 2.05) is 0 Å². The highest BCUT2D eigenvalue weighted by Crippen LogP contribution is 2.41. The van der Waals surface area contributed by atoms with Gasteiger partial charge in [-0.05, 0) is 12.3 Å². The summed E-state index contributed by atoms with van der Waals surface area (Å²) in [4.78, 5) is 10.5. The zero-order chi connectivity index (χ0) is 11.7. The van der Waals surface area contributed by atoms with Crippen molar-refractivity contribution in [3.63, 3.8) is 0 Å². The fraction of sp³-hybridized carbons (Fsp3) is 0.875. The van der Waals surface area contributed by atoms with Crippen LogP contribution in [-0.2, 0) is 9.53 Å². The Labute approximate surface area is 82.4 Å². The minimum Gasteiger partial charge on any atom is -0.465 e. The van der Waals surface area contributed by atoms with Crippen LogP contribution >= 0.6 is 0 Å². The topological polar surface area (TPSA) is 26.3 Å². The van der Waals surface area contributed by atoms with Crippen molar-refractivity contribution in [3.05, 3.63) is 0 Å². The van der Waals surface area contributed by atoms with E-state index in [1.54, 1.807) is 0 Å². The van der Waals surface area contributed by atoms with Gasteiger partial charge in [0.15, 0.2) is 0 Å². The summed E-state index contributed by atoms with van der Waals surface area (Å²) >= 11 is 0. The molecule has 15 heavy (non-hydrogen) atoms. The van der Waals surface area contributed by atoms with Crippen molar-refractivity contribution in [3.8, 4) is 0 Å². The maximum absolute atomic E-state index is 12.5. The highest BCUT2D eigenvalue weighted by atomic mass is 19.4. The van der Waals surface area contributed by atoms with Gasteiger partial charge in [-0.15, -0.1) is 0 Å². The normalized spacial score (nSPS) is 23.8. The van der Waals surface area contributed by atoms with Crippen molar-refractivity contribution in [1.29, 1.82) is 0 Å². The number of carbonyl (C=O) groups excluding carboxylic acids is 1. The standard InChI is InChI=1S/C8H9F5O2/c9-7(10,8(11,12)13)3-5-1-2-6(14)15-4-5/h5H,1-4H2. The summed E-state index contributed by atoms with van der Waals surface area (Å²) in [5.41, 5.74) is 0. The molecule has 1 atom stereocenters. The fourth-order valence-corrected chi connectivity index (χ4v) is 1.33. The summed E-state index contributed by atoms with van der Waals surface area (Å²) in [5.74, 6) is -6.18. The Kier molecular flexibility index (Phi) is 3.20. The van der Waals surface area contributed by atoms with Gasteiger partial charge in [0.05, 0.1) is 6.61 Å². The number of cyclic esters (lactones) is 1. The van der Waals surface area contributed by atoms with Crippen LogP contribution in [0, 0.1) is 5.92 Å². The van der Waals surface area contributed by atoms with Gasteiger partial charge in [0.2, 0.25) is 0 Å². The molecule has 1 aliphatic heterocycles. The van der Waals surface area contributed by atoms with Crippen LogP contribution in [0.25, 0.3) is 0 Å². The van der Waals surface area contributed by atoms with E-state index < -0.39 is 30.4 Å². The Hall–Kier alpha value is -0.880. The Morgan fingerprint density at radius 2 is 1.87 bits per heavy atom. The van der Waals surface area contributed by atoms with Gasteiger partial charge in [-0.25, -0.2) is 0 Å². The molecule has 1 heterocycles. The molecule has 7 heteroatoms. The van der Waals surface area contributed by atoms with Gasteiger partial charge in [-0.1, -0.05) is 0 Å². The number of alkyl halides is 5. The molecule has 0 saturated carbocycles. The van der Waals surface area contributed by atoms with Crippen molar-refractivity contribution < 1.29 is 31.5 Å². The molecule has 0 radical (unpaired) electrons. The molecule has 2 nitrogen and oxygen atoms in total. The van der Waals surface area contributed by atoms with Crippen molar-refractivity contribution in [1.82, 2.24) is 0 Å². The summed E-state index contributed by atoms with van der Waals surface area (Å²) in [7, 11) is 0. The van der Waals surface area contributed by atoms with Crippen LogP contribution in [0.4, 0.5) is 22.0 Å². The summed E-state index contributed by atoms with van der Waals surface area (Å²) in [6, 6.07) is 0. The van der Waals surface area contributed by atoms with Crippen LogP contribution in [0.1, 0.15) is 19.3 Å². The molecule has 0 N–H and O–H groups in total. The van der Waals surface area contributed by atoms with E-state index in [-0.39, 0.29) is 19.4 Å². The number of esters is 1. The Morgan fingerprint density at radius 3 is 2.27 bits per heavy atom. The second-order valence-electron chi connectivity index (χ2n) is 3.49. The lowest BCUT2D eigenvalue weighted by molar-refractivity contribution is -0.289. The predicted molar refractivity (Wildman–Crippen MR) is 39.3 cm³/mol. The van der Waals surface area contributed by atoms with Gasteiger partial charge in [0, 0.05) is 12.8 Å². The molecule has 0 aromatic rings. The molecule has 88 valence electrons. The molecule has 0 bridgehead atoms. The first kappa shape index (κ1) is 12.2. The molecular formula is C8H9F5O2. The second kappa shape index (κ2) is 3.94. The van der Waals surface area contributed by atoms with Crippen LogP contribution in [0.3, 0.4) is 0 Å². The maximum Gasteiger partial charge on any atom is 0.453 e. The lowest BCUT2D eigenvalue weighted by atomic mass is 9.94. The van der Waals surface area contributed by atoms with Crippen LogP contribution < -0.4 is 0 Å². The number of rotatable bonds is 2. The van der Waals surface area contributed by atoms with Gasteiger partial charge < -0.3 is 4.74 Å². The number of hydrogen-bond acceptors (Lipinski definition) is 2. The van der Waals surface area contributed by atoms with Gasteiger partial charge in [-0.3, -0.25) is 4.79 Å². The van der Waals surface area contributed by atoms with Crippen molar-refractivity contribution >= 4 is 5.97 Å². The Bertz CT molecular complexity index is 238. The van der Waals surface area contributed by atoms with Crippen LogP contribution in [0.5, 0.6) is 0 Å². The van der Waals surface area contributed by atoms with Crippen molar-refractivity contribution in [2.45, 2.75) is 31.4 Å². The average molecular weight is 232 g/mol. The molecular weight excluding hydrogens is 223 g/mol. The number of carbonyl (C=O) groups is 1. The quantitative estimate of drug-likeness (QED) is 0.540. The number of hydrogen-bond donors (Lipinski definition) is 0. The number of ether oxygens (including phenoxy) is 1. The molecule has 1 unspecified atom stereocenters. The molecule has 1 fully saturated rings. The van der Waals surface area contributed by atoms with E-state index >= 15 is 0 Å². The summed E-state index contributed by atoms with van der Waals surface area (Å²) < 4.78 is 64.9. The minimum absolute atomic E-state index is 0.0184. The van der Waals surface area contributed by atoms with E-state index in [4.69, 9.17) is 0 Å². The van der Waals surface area contributed by atoms with Crippen molar-refractivity contribution in [2.75, 3.05) is 6.61 Å². The molecule has 1 saturated heterocycles. The second-order valence-corrected chi connectivity index (χ2v) is 3.49. The third-order valence-corrected chi connectivity index (χ3v) is 2.20. The van der Waals surface area contributed by atoms with Gasteiger partial charge >= 0.3 is 18.1 Å². The van der Waals surface area contributed by atoms with E-state index in [0.29, 0.717) is 0 Å². The molecule has 0 aromatic heterocycles. The maximum atomic E-state index is 12.5. The average Bonchev–Trinajstić information content (AvgIpc) is 2.06. The minimum atomic E-state index is -5.53. The Morgan fingerprint density at radius 1 is 1.27 bits per heavy atom. The monoisotopic (exact) mass is 232 g/mol. The highest BCUT2D eigenvalue weighted by Gasteiger charge is 2.58. The first-order valence-electron chi connectivity index (χ1n) is 4.32. The van der Waals surface area contributed by atoms with E-state index in [0.717, 1.165) is 0 Å². The van der Waals surface area contributed by atoms with E-state index in [9.17, 15) is 26.7 Å². The van der Waals surface area contributed by atoms with Gasteiger partial charge in [-0.2, -0.15) is 22.0 Å². The molecule has 0 amide bonds. The summed E-state index contributed by atoms with van der Waals surface area (Å²) in [5, 5.41) is 0. The molecule has 1 rings (SSSR count). The summed E-state index contributed by atoms with van der Waals surface area (Å²) in [6.45, 7) is -0.357. The van der Waals surface area contributed by atoms with Crippen LogP contribution in [0.2, 0.25) is 0 Å². The SMILES string of the molecule is O=C1CCC(CC(F)(F)C(F)(F)F)CO1. The first-order chi connectivity index (χ1) is 6.72. The molecule has 0 aliphatic carbocycles. The largest absolute Gasteiger partial charge is 0.465 e. The third kappa shape index (κ3) is 3.04. The smallest absolute Gasteiger partial charge is 0.453 e. The van der Waals surface area contributed by atoms with E-state index in [1.165, 1.54) is 0 Å². The lowest BCUT2D eigenvalue weighted by Crippen LogP contribution is -2.40. The van der Waals surface area contributed by atoms with Crippen molar-refractivity contribution in [2.24, 2.45) is 5.92 Å². The van der Waals surface area contributed by atoms with Gasteiger partial charge in [0.1, 0.15) is 0 Å². The molecule has 0 aromatic carbocycles. The lowest BCUT2D eigenvalue weighted by Gasteiger charge is -2.27.